The van der Waals surface area contributed by atoms with Crippen molar-refractivity contribution in [1.82, 2.24) is 20.2 Å². The monoisotopic (exact) mass is 443 g/mol. The maximum absolute atomic E-state index is 12.5. The number of hydrogen-bond donors (Lipinski definition) is 2. The zero-order valence-corrected chi connectivity index (χ0v) is 19.6. The van der Waals surface area contributed by atoms with Gasteiger partial charge in [0.15, 0.2) is 0 Å². The Balaban J connectivity index is 1.26. The van der Waals surface area contributed by atoms with Gasteiger partial charge in [0.25, 0.3) is 5.91 Å². The molecule has 2 aromatic carbocycles. The van der Waals surface area contributed by atoms with E-state index in [9.17, 15) is 4.79 Å². The number of nitrogens with zero attached hydrogens (tertiary/aromatic N) is 3. The van der Waals surface area contributed by atoms with Crippen molar-refractivity contribution in [2.45, 2.75) is 33.1 Å². The Morgan fingerprint density at radius 3 is 2.48 bits per heavy atom. The van der Waals surface area contributed by atoms with E-state index >= 15 is 0 Å². The summed E-state index contributed by atoms with van der Waals surface area (Å²) >= 11 is 0. The maximum Gasteiger partial charge on any atom is 0.251 e. The highest BCUT2D eigenvalue weighted by molar-refractivity contribution is 5.94. The first-order chi connectivity index (χ1) is 16.1. The van der Waals surface area contributed by atoms with Gasteiger partial charge in [-0.25, -0.2) is 9.97 Å². The van der Waals surface area contributed by atoms with E-state index in [0.29, 0.717) is 17.9 Å². The van der Waals surface area contributed by atoms with Gasteiger partial charge >= 0.3 is 0 Å². The first-order valence-electron chi connectivity index (χ1n) is 11.8. The summed E-state index contributed by atoms with van der Waals surface area (Å²) in [5, 5.41) is 6.33. The Kier molecular flexibility index (Phi) is 7.68. The molecule has 1 aliphatic rings. The van der Waals surface area contributed by atoms with Gasteiger partial charge in [-0.05, 0) is 76.0 Å². The second-order valence-electron chi connectivity index (χ2n) is 8.99. The first kappa shape index (κ1) is 22.9. The molecule has 1 amide bonds. The van der Waals surface area contributed by atoms with Crippen molar-refractivity contribution in [1.29, 1.82) is 0 Å². The molecule has 3 aromatic rings. The van der Waals surface area contributed by atoms with Crippen LogP contribution in [0.5, 0.6) is 0 Å². The predicted molar refractivity (Wildman–Crippen MR) is 134 cm³/mol. The summed E-state index contributed by atoms with van der Waals surface area (Å²) in [5.41, 5.74) is 4.66. The number of carbonyl (C=O) groups is 1. The number of piperidine rings is 1. The number of likely N-dealkylation sites (tertiary alicyclic amines) is 1. The number of aromatic nitrogens is 2. The molecule has 6 nitrogen and oxygen atoms in total. The summed E-state index contributed by atoms with van der Waals surface area (Å²) in [6.07, 6.45) is 5.12. The van der Waals surface area contributed by atoms with Gasteiger partial charge in [-0.2, -0.15) is 0 Å². The van der Waals surface area contributed by atoms with Gasteiger partial charge in [0, 0.05) is 29.4 Å². The largest absolute Gasteiger partial charge is 0.352 e. The average molecular weight is 444 g/mol. The predicted octanol–water partition coefficient (Wildman–Crippen LogP) is 5.05. The Bertz CT molecular complexity index is 1040. The molecule has 1 saturated heterocycles. The maximum atomic E-state index is 12.5. The van der Waals surface area contributed by atoms with Gasteiger partial charge in [0.05, 0.1) is 5.69 Å². The minimum atomic E-state index is -0.0301. The van der Waals surface area contributed by atoms with Crippen molar-refractivity contribution in [2.75, 3.05) is 31.5 Å². The molecule has 0 radical (unpaired) electrons. The molecular weight excluding hydrogens is 410 g/mol. The third kappa shape index (κ3) is 6.62. The van der Waals surface area contributed by atoms with Crippen LogP contribution in [-0.2, 0) is 0 Å². The van der Waals surface area contributed by atoms with Crippen LogP contribution in [0.25, 0.3) is 11.3 Å². The summed E-state index contributed by atoms with van der Waals surface area (Å²) in [7, 11) is 0. The number of nitrogens with one attached hydrogen (secondary N) is 2. The lowest BCUT2D eigenvalue weighted by Crippen LogP contribution is -2.35. The Morgan fingerprint density at radius 2 is 1.76 bits per heavy atom. The second kappa shape index (κ2) is 11.1. The average Bonchev–Trinajstić information content (AvgIpc) is 2.84. The number of amides is 1. The van der Waals surface area contributed by atoms with E-state index in [4.69, 9.17) is 0 Å². The minimum absolute atomic E-state index is 0.0301. The molecule has 4 rings (SSSR count). The van der Waals surface area contributed by atoms with E-state index in [1.165, 1.54) is 31.5 Å². The Hall–Kier alpha value is -3.25. The van der Waals surface area contributed by atoms with Crippen molar-refractivity contribution in [2.24, 2.45) is 5.92 Å². The van der Waals surface area contributed by atoms with E-state index < -0.39 is 0 Å². The van der Waals surface area contributed by atoms with Crippen LogP contribution >= 0.6 is 0 Å². The number of anilines is 2. The fourth-order valence-corrected chi connectivity index (χ4v) is 4.05. The highest BCUT2D eigenvalue weighted by atomic mass is 16.1. The van der Waals surface area contributed by atoms with Crippen LogP contribution in [-0.4, -0.2) is 47.0 Å². The molecule has 2 N–H and O–H groups in total. The van der Waals surface area contributed by atoms with Crippen LogP contribution in [0.3, 0.4) is 0 Å². The highest BCUT2D eigenvalue weighted by Crippen LogP contribution is 2.22. The van der Waals surface area contributed by atoms with Crippen LogP contribution in [0.15, 0.2) is 60.9 Å². The normalized spacial score (nSPS) is 14.7. The Morgan fingerprint density at radius 1 is 1.03 bits per heavy atom. The summed E-state index contributed by atoms with van der Waals surface area (Å²) in [6.45, 7) is 8.52. The SMILES string of the molecule is Cc1ccc(-c2cc(Nc3ccc(C(=O)NCCCN4CCC(C)CC4)cc3)ncn2)cc1. The van der Waals surface area contributed by atoms with Crippen LogP contribution in [0.1, 0.15) is 42.1 Å². The van der Waals surface area contributed by atoms with E-state index in [1.807, 2.05) is 30.3 Å². The number of benzene rings is 2. The van der Waals surface area contributed by atoms with E-state index in [1.54, 1.807) is 6.33 Å². The fraction of sp³-hybridized carbons (Fsp3) is 0.370. The van der Waals surface area contributed by atoms with E-state index in [0.717, 1.165) is 35.8 Å². The first-order valence-corrected chi connectivity index (χ1v) is 11.8. The molecule has 0 spiro atoms. The summed E-state index contributed by atoms with van der Waals surface area (Å²) in [6, 6.07) is 17.7. The van der Waals surface area contributed by atoms with Crippen LogP contribution < -0.4 is 10.6 Å². The standard InChI is InChI=1S/C27H33N5O/c1-20-4-6-22(7-5-20)25-18-26(30-19-29-25)31-24-10-8-23(9-11-24)27(33)28-14-3-15-32-16-12-21(2)13-17-32/h4-11,18-19,21H,3,12-17H2,1-2H3,(H,28,33)(H,29,30,31). The summed E-state index contributed by atoms with van der Waals surface area (Å²) in [5.74, 6) is 1.53. The number of rotatable bonds is 8. The molecule has 0 saturated carbocycles. The number of aryl methyl sites for hydroxylation is 1. The van der Waals surface area contributed by atoms with Crippen molar-refractivity contribution in [3.05, 3.63) is 72.1 Å². The van der Waals surface area contributed by atoms with Crippen LogP contribution in [0.4, 0.5) is 11.5 Å². The molecule has 2 heterocycles. The summed E-state index contributed by atoms with van der Waals surface area (Å²) < 4.78 is 0. The molecule has 0 aliphatic carbocycles. The highest BCUT2D eigenvalue weighted by Gasteiger charge is 2.15. The fourth-order valence-electron chi connectivity index (χ4n) is 4.05. The smallest absolute Gasteiger partial charge is 0.251 e. The molecule has 0 bridgehead atoms. The molecular formula is C27H33N5O. The molecule has 1 aromatic heterocycles. The lowest BCUT2D eigenvalue weighted by molar-refractivity contribution is 0.0950. The van der Waals surface area contributed by atoms with Crippen molar-refractivity contribution in [3.8, 4) is 11.3 Å². The van der Waals surface area contributed by atoms with E-state index in [-0.39, 0.29) is 5.91 Å². The molecule has 0 unspecified atom stereocenters. The lowest BCUT2D eigenvalue weighted by atomic mass is 9.99. The molecule has 33 heavy (non-hydrogen) atoms. The number of hydrogen-bond acceptors (Lipinski definition) is 5. The van der Waals surface area contributed by atoms with Crippen molar-refractivity contribution >= 4 is 17.4 Å². The third-order valence-electron chi connectivity index (χ3n) is 6.25. The van der Waals surface area contributed by atoms with Crippen molar-refractivity contribution in [3.63, 3.8) is 0 Å². The Labute approximate surface area is 196 Å². The molecule has 1 aliphatic heterocycles. The number of carbonyl (C=O) groups excluding carboxylic acids is 1. The summed E-state index contributed by atoms with van der Waals surface area (Å²) in [4.78, 5) is 23.7. The van der Waals surface area contributed by atoms with E-state index in [2.05, 4.69) is 63.6 Å². The molecule has 1 fully saturated rings. The van der Waals surface area contributed by atoms with Gasteiger partial charge in [-0.3, -0.25) is 4.79 Å². The quantitative estimate of drug-likeness (QED) is 0.477. The van der Waals surface area contributed by atoms with Gasteiger partial charge < -0.3 is 15.5 Å². The van der Waals surface area contributed by atoms with Gasteiger partial charge in [-0.15, -0.1) is 0 Å². The minimum Gasteiger partial charge on any atom is -0.352 e. The van der Waals surface area contributed by atoms with Gasteiger partial charge in [0.2, 0.25) is 0 Å². The third-order valence-corrected chi connectivity index (χ3v) is 6.25. The van der Waals surface area contributed by atoms with Crippen molar-refractivity contribution < 1.29 is 4.79 Å². The van der Waals surface area contributed by atoms with Crippen LogP contribution in [0.2, 0.25) is 0 Å². The second-order valence-corrected chi connectivity index (χ2v) is 8.99. The van der Waals surface area contributed by atoms with Gasteiger partial charge in [-0.1, -0.05) is 36.8 Å². The molecule has 0 atom stereocenters. The zero-order valence-electron chi connectivity index (χ0n) is 19.6. The van der Waals surface area contributed by atoms with Crippen LogP contribution in [0, 0.1) is 12.8 Å². The zero-order chi connectivity index (χ0) is 23.0. The van der Waals surface area contributed by atoms with Gasteiger partial charge in [0.1, 0.15) is 12.1 Å². The topological polar surface area (TPSA) is 70.2 Å². The lowest BCUT2D eigenvalue weighted by Gasteiger charge is -2.30. The molecule has 6 heteroatoms. The molecule has 172 valence electrons.